The Bertz CT molecular complexity index is 446. The van der Waals surface area contributed by atoms with Crippen LogP contribution in [-0.2, 0) is 0 Å². The van der Waals surface area contributed by atoms with Gasteiger partial charge in [-0.25, -0.2) is 9.97 Å². The maximum absolute atomic E-state index is 8.58. The van der Waals surface area contributed by atoms with Crippen molar-refractivity contribution in [2.45, 2.75) is 18.9 Å². The van der Waals surface area contributed by atoms with Gasteiger partial charge in [0.25, 0.3) is 0 Å². The molecule has 7 heteroatoms. The van der Waals surface area contributed by atoms with Crippen LogP contribution in [0.25, 0.3) is 0 Å². The molecule has 0 radical (unpaired) electrons. The summed E-state index contributed by atoms with van der Waals surface area (Å²) in [5.74, 6) is 0.772. The lowest BCUT2D eigenvalue weighted by molar-refractivity contribution is 0.247. The number of nitrogens with zero attached hydrogens (tertiary/aromatic N) is 5. The lowest BCUT2D eigenvalue weighted by Crippen LogP contribution is -2.45. The summed E-state index contributed by atoms with van der Waals surface area (Å²) >= 11 is 0. The summed E-state index contributed by atoms with van der Waals surface area (Å²) in [7, 11) is 4.16. The van der Waals surface area contributed by atoms with E-state index in [0.29, 0.717) is 11.7 Å². The number of oxime groups is 1. The third kappa shape index (κ3) is 3.11. The van der Waals surface area contributed by atoms with Gasteiger partial charge in [0.05, 0.1) is 12.4 Å². The van der Waals surface area contributed by atoms with Gasteiger partial charge in [0.15, 0.2) is 5.84 Å². The van der Waals surface area contributed by atoms with Crippen LogP contribution in [0.1, 0.15) is 18.5 Å². The fourth-order valence-electron chi connectivity index (χ4n) is 2.33. The molecule has 0 saturated carbocycles. The van der Waals surface area contributed by atoms with E-state index in [-0.39, 0.29) is 5.84 Å². The molecule has 0 aromatic carbocycles. The molecule has 1 unspecified atom stereocenters. The fourth-order valence-corrected chi connectivity index (χ4v) is 2.33. The predicted molar refractivity (Wildman–Crippen MR) is 73.5 cm³/mol. The van der Waals surface area contributed by atoms with Crippen molar-refractivity contribution < 1.29 is 5.21 Å². The molecule has 0 aliphatic carbocycles. The maximum atomic E-state index is 8.58. The van der Waals surface area contributed by atoms with Gasteiger partial charge in [-0.05, 0) is 26.4 Å². The van der Waals surface area contributed by atoms with Gasteiger partial charge in [-0.1, -0.05) is 5.16 Å². The van der Waals surface area contributed by atoms with Crippen LogP contribution in [0.3, 0.4) is 0 Å². The number of aromatic nitrogens is 2. The molecule has 0 spiro atoms. The average molecular weight is 264 g/mol. The topological polar surface area (TPSA) is 90.9 Å². The van der Waals surface area contributed by atoms with E-state index in [2.05, 4.69) is 32.0 Å². The van der Waals surface area contributed by atoms with Crippen LogP contribution < -0.4 is 10.6 Å². The number of amidine groups is 1. The first-order chi connectivity index (χ1) is 9.11. The molecule has 0 amide bonds. The molecule has 1 saturated heterocycles. The van der Waals surface area contributed by atoms with Crippen LogP contribution in [0, 0.1) is 0 Å². The van der Waals surface area contributed by atoms with Gasteiger partial charge in [-0.2, -0.15) is 0 Å². The molecule has 19 heavy (non-hydrogen) atoms. The molecule has 0 bridgehead atoms. The predicted octanol–water partition coefficient (Wildman–Crippen LogP) is 0.102. The largest absolute Gasteiger partial charge is 0.409 e. The lowest BCUT2D eigenvalue weighted by Gasteiger charge is -2.36. The Labute approximate surface area is 112 Å². The highest BCUT2D eigenvalue weighted by Crippen LogP contribution is 2.18. The van der Waals surface area contributed by atoms with Gasteiger partial charge in [-0.15, -0.1) is 0 Å². The Morgan fingerprint density at radius 1 is 1.53 bits per heavy atom. The molecule has 7 nitrogen and oxygen atoms in total. The standard InChI is InChI=1S/C12H20N6O/c1-17-5-3-4-9(8-17)18(2)11-7-14-10(6-15-11)12(13)16-19/h6-7,9,19H,3-5,8H2,1-2H3,(H2,13,16). The number of anilines is 1. The molecule has 1 atom stereocenters. The Kier molecular flexibility index (Phi) is 4.16. The van der Waals surface area contributed by atoms with Crippen molar-refractivity contribution in [3.63, 3.8) is 0 Å². The second-order valence-electron chi connectivity index (χ2n) is 4.91. The minimum absolute atomic E-state index is 0.0286. The summed E-state index contributed by atoms with van der Waals surface area (Å²) in [4.78, 5) is 12.9. The summed E-state index contributed by atoms with van der Waals surface area (Å²) in [6.45, 7) is 2.18. The molecular weight excluding hydrogens is 244 g/mol. The van der Waals surface area contributed by atoms with E-state index in [1.165, 1.54) is 12.6 Å². The minimum atomic E-state index is -0.0286. The van der Waals surface area contributed by atoms with E-state index in [0.717, 1.165) is 25.3 Å². The van der Waals surface area contributed by atoms with E-state index in [4.69, 9.17) is 10.9 Å². The minimum Gasteiger partial charge on any atom is -0.409 e. The zero-order chi connectivity index (χ0) is 13.8. The number of hydrogen-bond acceptors (Lipinski definition) is 6. The second kappa shape index (κ2) is 5.83. The van der Waals surface area contributed by atoms with Crippen LogP contribution in [0.2, 0.25) is 0 Å². The Hall–Kier alpha value is -1.89. The van der Waals surface area contributed by atoms with Crippen LogP contribution in [-0.4, -0.2) is 59.1 Å². The normalized spacial score (nSPS) is 21.4. The van der Waals surface area contributed by atoms with Gasteiger partial charge in [0.2, 0.25) is 0 Å². The zero-order valence-electron chi connectivity index (χ0n) is 11.3. The summed E-state index contributed by atoms with van der Waals surface area (Å²) in [5.41, 5.74) is 5.83. The van der Waals surface area contributed by atoms with Gasteiger partial charge in [0.1, 0.15) is 11.5 Å². The Morgan fingerprint density at radius 3 is 2.89 bits per heavy atom. The molecule has 104 valence electrons. The third-order valence-corrected chi connectivity index (χ3v) is 3.52. The smallest absolute Gasteiger partial charge is 0.190 e. The number of likely N-dealkylation sites (tertiary alicyclic amines) is 1. The first-order valence-electron chi connectivity index (χ1n) is 6.33. The van der Waals surface area contributed by atoms with Crippen molar-refractivity contribution in [2.75, 3.05) is 32.1 Å². The number of likely N-dealkylation sites (N-methyl/N-ethyl adjacent to an activating group) is 2. The van der Waals surface area contributed by atoms with Gasteiger partial charge in [0, 0.05) is 19.6 Å². The maximum Gasteiger partial charge on any atom is 0.190 e. The summed E-state index contributed by atoms with van der Waals surface area (Å²) in [5, 5.41) is 11.5. The first-order valence-corrected chi connectivity index (χ1v) is 6.33. The third-order valence-electron chi connectivity index (χ3n) is 3.52. The number of hydrogen-bond donors (Lipinski definition) is 2. The number of rotatable bonds is 3. The van der Waals surface area contributed by atoms with E-state index >= 15 is 0 Å². The summed E-state index contributed by atoms with van der Waals surface area (Å²) < 4.78 is 0. The van der Waals surface area contributed by atoms with E-state index in [1.807, 2.05) is 7.05 Å². The van der Waals surface area contributed by atoms with Crippen molar-refractivity contribution in [2.24, 2.45) is 10.9 Å². The van der Waals surface area contributed by atoms with Crippen molar-refractivity contribution in [3.05, 3.63) is 18.1 Å². The molecule has 1 aromatic rings. The highest BCUT2D eigenvalue weighted by Gasteiger charge is 2.22. The van der Waals surface area contributed by atoms with Gasteiger partial charge in [-0.3, -0.25) is 0 Å². The van der Waals surface area contributed by atoms with Crippen LogP contribution in [0.4, 0.5) is 5.82 Å². The quantitative estimate of drug-likeness (QED) is 0.348. The van der Waals surface area contributed by atoms with Gasteiger partial charge < -0.3 is 20.7 Å². The molecule has 2 rings (SSSR count). The van der Waals surface area contributed by atoms with Crippen LogP contribution >= 0.6 is 0 Å². The summed E-state index contributed by atoms with van der Waals surface area (Å²) in [6, 6.07) is 0.447. The molecule has 1 aromatic heterocycles. The Balaban J connectivity index is 2.08. The second-order valence-corrected chi connectivity index (χ2v) is 4.91. The molecule has 3 N–H and O–H groups in total. The van der Waals surface area contributed by atoms with E-state index in [1.54, 1.807) is 6.20 Å². The van der Waals surface area contributed by atoms with E-state index < -0.39 is 0 Å². The number of nitrogens with two attached hydrogens (primary N) is 1. The molecule has 1 fully saturated rings. The van der Waals surface area contributed by atoms with E-state index in [9.17, 15) is 0 Å². The number of piperidine rings is 1. The average Bonchev–Trinajstić information content (AvgIpc) is 2.46. The molecule has 1 aliphatic heterocycles. The van der Waals surface area contributed by atoms with Crippen molar-refractivity contribution in [1.29, 1.82) is 0 Å². The van der Waals surface area contributed by atoms with Crippen LogP contribution in [0.15, 0.2) is 17.5 Å². The monoisotopic (exact) mass is 264 g/mol. The highest BCUT2D eigenvalue weighted by atomic mass is 16.4. The van der Waals surface area contributed by atoms with Crippen molar-refractivity contribution in [1.82, 2.24) is 14.9 Å². The fraction of sp³-hybridized carbons (Fsp3) is 0.583. The van der Waals surface area contributed by atoms with Crippen molar-refractivity contribution in [3.8, 4) is 0 Å². The van der Waals surface area contributed by atoms with Crippen LogP contribution in [0.5, 0.6) is 0 Å². The first kappa shape index (κ1) is 13.5. The van der Waals surface area contributed by atoms with Crippen molar-refractivity contribution >= 4 is 11.7 Å². The molecule has 2 heterocycles. The lowest BCUT2D eigenvalue weighted by atomic mass is 10.1. The molecule has 1 aliphatic rings. The highest BCUT2D eigenvalue weighted by molar-refractivity contribution is 5.94. The zero-order valence-corrected chi connectivity index (χ0v) is 11.3. The SMILES string of the molecule is CN1CCCC(N(C)c2cnc(C(N)=NO)cn2)C1. The summed E-state index contributed by atoms with van der Waals surface area (Å²) in [6.07, 6.45) is 5.53. The molecular formula is C12H20N6O. The Morgan fingerprint density at radius 2 is 2.32 bits per heavy atom. The van der Waals surface area contributed by atoms with Gasteiger partial charge >= 0.3 is 0 Å².